The van der Waals surface area contributed by atoms with Crippen molar-refractivity contribution in [3.63, 3.8) is 0 Å². The Balaban J connectivity index is 2.24. The molecule has 0 radical (unpaired) electrons. The number of hydrogen-bond acceptors (Lipinski definition) is 6. The minimum atomic E-state index is -0.0232. The van der Waals surface area contributed by atoms with Crippen LogP contribution >= 0.6 is 23.3 Å². The third kappa shape index (κ3) is 2.40. The number of nitrogen functional groups attached to an aromatic ring is 1. The lowest BCUT2D eigenvalue weighted by atomic mass is 10.1. The fourth-order valence-corrected chi connectivity index (χ4v) is 2.70. The molecule has 0 fully saturated rings. The molecular weight excluding hydrogens is 242 g/mol. The Bertz CT molecular complexity index is 511. The molecule has 0 atom stereocenters. The highest BCUT2D eigenvalue weighted by atomic mass is 32.2. The first-order valence-electron chi connectivity index (χ1n) is 4.52. The number of nitrogens with two attached hydrogens (primary N) is 1. The van der Waals surface area contributed by atoms with Crippen LogP contribution in [0.3, 0.4) is 0 Å². The van der Waals surface area contributed by atoms with E-state index in [1.165, 1.54) is 36.5 Å². The van der Waals surface area contributed by atoms with E-state index in [0.29, 0.717) is 11.3 Å². The third-order valence-electron chi connectivity index (χ3n) is 1.95. The van der Waals surface area contributed by atoms with Crippen LogP contribution in [0.5, 0.6) is 0 Å². The van der Waals surface area contributed by atoms with E-state index < -0.39 is 0 Å². The Morgan fingerprint density at radius 2 is 2.31 bits per heavy atom. The molecule has 0 aliphatic heterocycles. The van der Waals surface area contributed by atoms with Crippen LogP contribution in [0.25, 0.3) is 0 Å². The summed E-state index contributed by atoms with van der Waals surface area (Å²) >= 11 is 2.81. The molecule has 0 unspecified atom stereocenters. The quantitative estimate of drug-likeness (QED) is 0.670. The summed E-state index contributed by atoms with van der Waals surface area (Å²) in [6.45, 7) is 1.50. The van der Waals surface area contributed by atoms with Crippen molar-refractivity contribution in [3.05, 3.63) is 30.1 Å². The summed E-state index contributed by atoms with van der Waals surface area (Å²) in [5.74, 6) is -0.0232. The van der Waals surface area contributed by atoms with Crippen LogP contribution in [0.2, 0.25) is 0 Å². The van der Waals surface area contributed by atoms with Crippen LogP contribution in [0.4, 0.5) is 5.69 Å². The molecule has 0 aliphatic carbocycles. The van der Waals surface area contributed by atoms with E-state index in [0.717, 1.165) is 9.24 Å². The molecule has 2 aromatic rings. The van der Waals surface area contributed by atoms with Gasteiger partial charge in [0.25, 0.3) is 0 Å². The number of ketones is 1. The molecule has 0 amide bonds. The predicted octanol–water partition coefficient (Wildman–Crippen LogP) is 2.47. The maximum atomic E-state index is 11.2. The molecular formula is C10H9N3OS2. The van der Waals surface area contributed by atoms with Gasteiger partial charge in [0, 0.05) is 16.1 Å². The summed E-state index contributed by atoms with van der Waals surface area (Å²) in [5.41, 5.74) is 6.84. The van der Waals surface area contributed by atoms with E-state index in [2.05, 4.69) is 9.36 Å². The minimum Gasteiger partial charge on any atom is -0.398 e. The van der Waals surface area contributed by atoms with E-state index in [-0.39, 0.29) is 5.78 Å². The lowest BCUT2D eigenvalue weighted by molar-refractivity contribution is 0.101. The molecule has 0 spiro atoms. The van der Waals surface area contributed by atoms with Gasteiger partial charge in [0.15, 0.2) is 10.1 Å². The molecule has 1 aromatic carbocycles. The molecule has 16 heavy (non-hydrogen) atoms. The van der Waals surface area contributed by atoms with E-state index in [1.54, 1.807) is 12.1 Å². The molecule has 0 bridgehead atoms. The second-order valence-electron chi connectivity index (χ2n) is 3.11. The van der Waals surface area contributed by atoms with Gasteiger partial charge >= 0.3 is 0 Å². The second kappa shape index (κ2) is 4.63. The van der Waals surface area contributed by atoms with Gasteiger partial charge in [0.05, 0.1) is 0 Å². The van der Waals surface area contributed by atoms with E-state index in [4.69, 9.17) is 5.73 Å². The van der Waals surface area contributed by atoms with Gasteiger partial charge < -0.3 is 5.73 Å². The first-order chi connectivity index (χ1) is 7.66. The topological polar surface area (TPSA) is 68.9 Å². The average molecular weight is 251 g/mol. The monoisotopic (exact) mass is 251 g/mol. The van der Waals surface area contributed by atoms with Gasteiger partial charge in [0.2, 0.25) is 0 Å². The highest BCUT2D eigenvalue weighted by Gasteiger charge is 2.07. The van der Waals surface area contributed by atoms with Crippen molar-refractivity contribution in [1.29, 1.82) is 0 Å². The van der Waals surface area contributed by atoms with Gasteiger partial charge in [-0.25, -0.2) is 4.98 Å². The molecule has 4 nitrogen and oxygen atoms in total. The number of carbonyl (C=O) groups excluding carboxylic acids is 1. The van der Waals surface area contributed by atoms with Crippen LogP contribution in [0, 0.1) is 0 Å². The smallest absolute Gasteiger partial charge is 0.174 e. The van der Waals surface area contributed by atoms with Crippen molar-refractivity contribution in [1.82, 2.24) is 9.36 Å². The molecule has 0 saturated heterocycles. The molecule has 0 saturated carbocycles. The zero-order valence-corrected chi connectivity index (χ0v) is 10.1. The largest absolute Gasteiger partial charge is 0.398 e. The summed E-state index contributed by atoms with van der Waals surface area (Å²) < 4.78 is 4.77. The Hall–Kier alpha value is -1.40. The number of rotatable bonds is 3. The minimum absolute atomic E-state index is 0.0232. The maximum Gasteiger partial charge on any atom is 0.174 e. The Morgan fingerprint density at radius 1 is 1.50 bits per heavy atom. The molecule has 82 valence electrons. The molecule has 1 heterocycles. The van der Waals surface area contributed by atoms with Crippen LogP contribution in [0.15, 0.2) is 33.8 Å². The van der Waals surface area contributed by atoms with Crippen molar-refractivity contribution in [2.75, 3.05) is 5.73 Å². The van der Waals surface area contributed by atoms with Gasteiger partial charge in [-0.2, -0.15) is 4.37 Å². The normalized spacial score (nSPS) is 10.3. The maximum absolute atomic E-state index is 11.2. The first-order valence-corrected chi connectivity index (χ1v) is 6.11. The summed E-state index contributed by atoms with van der Waals surface area (Å²) in [4.78, 5) is 16.2. The number of nitrogens with zero attached hydrogens (tertiary/aromatic N) is 2. The molecule has 1 aromatic heterocycles. The number of hydrogen-bond donors (Lipinski definition) is 1. The van der Waals surface area contributed by atoms with Gasteiger partial charge in [-0.15, -0.1) is 0 Å². The van der Waals surface area contributed by atoms with Crippen LogP contribution in [-0.4, -0.2) is 15.1 Å². The molecule has 0 aliphatic rings. The van der Waals surface area contributed by atoms with Crippen LogP contribution < -0.4 is 5.73 Å². The van der Waals surface area contributed by atoms with Crippen LogP contribution in [0.1, 0.15) is 17.3 Å². The fraction of sp³-hybridized carbons (Fsp3) is 0.100. The SMILES string of the molecule is CC(=O)c1ccc(Sc2ncns2)cc1N. The number of benzene rings is 1. The standard InChI is InChI=1S/C10H9N3OS2/c1-6(14)8-3-2-7(4-9(8)11)15-10-12-5-13-16-10/h2-5H,11H2,1H3. The zero-order valence-electron chi connectivity index (χ0n) is 8.51. The summed E-state index contributed by atoms with van der Waals surface area (Å²) in [7, 11) is 0. The third-order valence-corrected chi connectivity index (χ3v) is 3.65. The number of Topliss-reactive ketones (excluding diaryl/α,β-unsaturated/α-hetero) is 1. The number of carbonyl (C=O) groups is 1. The average Bonchev–Trinajstić information content (AvgIpc) is 2.70. The summed E-state index contributed by atoms with van der Waals surface area (Å²) in [6.07, 6.45) is 1.51. The van der Waals surface area contributed by atoms with Crippen molar-refractivity contribution >= 4 is 34.8 Å². The lowest BCUT2D eigenvalue weighted by Crippen LogP contribution is -1.99. The Morgan fingerprint density at radius 3 is 2.88 bits per heavy atom. The fourth-order valence-electron chi connectivity index (χ4n) is 1.23. The van der Waals surface area contributed by atoms with E-state index in [1.807, 2.05) is 6.07 Å². The zero-order chi connectivity index (χ0) is 11.5. The molecule has 2 N–H and O–H groups in total. The summed E-state index contributed by atoms with van der Waals surface area (Å²) in [5, 5.41) is 0. The molecule has 6 heteroatoms. The number of aromatic nitrogens is 2. The van der Waals surface area contributed by atoms with Gasteiger partial charge in [0.1, 0.15) is 6.33 Å². The van der Waals surface area contributed by atoms with Gasteiger partial charge in [-0.3, -0.25) is 4.79 Å². The van der Waals surface area contributed by atoms with Gasteiger partial charge in [-0.1, -0.05) is 11.8 Å². The van der Waals surface area contributed by atoms with E-state index in [9.17, 15) is 4.79 Å². The lowest BCUT2D eigenvalue weighted by Gasteiger charge is -2.03. The van der Waals surface area contributed by atoms with E-state index >= 15 is 0 Å². The highest BCUT2D eigenvalue weighted by molar-refractivity contribution is 8.01. The van der Waals surface area contributed by atoms with Crippen LogP contribution in [-0.2, 0) is 0 Å². The Kier molecular flexibility index (Phi) is 3.21. The van der Waals surface area contributed by atoms with Crippen molar-refractivity contribution < 1.29 is 4.79 Å². The number of anilines is 1. The second-order valence-corrected chi connectivity index (χ2v) is 5.22. The molecule has 2 rings (SSSR count). The first kappa shape index (κ1) is 11.1. The highest BCUT2D eigenvalue weighted by Crippen LogP contribution is 2.30. The van der Waals surface area contributed by atoms with Gasteiger partial charge in [-0.05, 0) is 36.7 Å². The van der Waals surface area contributed by atoms with Crippen molar-refractivity contribution in [2.24, 2.45) is 0 Å². The predicted molar refractivity (Wildman–Crippen MR) is 64.9 cm³/mol. The van der Waals surface area contributed by atoms with Crippen molar-refractivity contribution in [2.45, 2.75) is 16.2 Å². The summed E-state index contributed by atoms with van der Waals surface area (Å²) in [6, 6.07) is 5.38. The van der Waals surface area contributed by atoms with Crippen molar-refractivity contribution in [3.8, 4) is 0 Å². The Labute approximate surface area is 101 Å².